The van der Waals surface area contributed by atoms with E-state index >= 15 is 0 Å². The van der Waals surface area contributed by atoms with E-state index in [1.165, 1.54) is 26.4 Å². The van der Waals surface area contributed by atoms with E-state index in [4.69, 9.17) is 14.7 Å². The lowest BCUT2D eigenvalue weighted by atomic mass is 10.1. The first-order valence-corrected chi connectivity index (χ1v) is 6.92. The molecule has 0 atom stereocenters. The summed E-state index contributed by atoms with van der Waals surface area (Å²) in [4.78, 5) is 24.1. The third-order valence-corrected chi connectivity index (χ3v) is 3.19. The lowest BCUT2D eigenvalue weighted by molar-refractivity contribution is 0.0846. The minimum atomic E-state index is -0.527. The monoisotopic (exact) mass is 325 g/mol. The molecule has 0 saturated carbocycles. The topological polar surface area (TPSA) is 100 Å². The van der Waals surface area contributed by atoms with Crippen molar-refractivity contribution in [1.82, 2.24) is 10.9 Å². The molecular formula is C17H15N3O4. The fourth-order valence-electron chi connectivity index (χ4n) is 1.97. The molecule has 2 amide bonds. The highest BCUT2D eigenvalue weighted by Gasteiger charge is 2.12. The van der Waals surface area contributed by atoms with Gasteiger partial charge in [-0.1, -0.05) is 6.07 Å². The SMILES string of the molecule is COc1ccc(C(=O)NNC(=O)c2cccc(C#N)c2)cc1OC. The highest BCUT2D eigenvalue weighted by atomic mass is 16.5. The van der Waals surface area contributed by atoms with Crippen LogP contribution in [0.15, 0.2) is 42.5 Å². The Bertz CT molecular complexity index is 812. The van der Waals surface area contributed by atoms with Crippen molar-refractivity contribution in [2.24, 2.45) is 0 Å². The summed E-state index contributed by atoms with van der Waals surface area (Å²) in [6.45, 7) is 0. The van der Waals surface area contributed by atoms with E-state index in [1.54, 1.807) is 30.3 Å². The van der Waals surface area contributed by atoms with Gasteiger partial charge in [-0.2, -0.15) is 5.26 Å². The van der Waals surface area contributed by atoms with E-state index in [1.807, 2.05) is 6.07 Å². The first kappa shape index (κ1) is 16.8. The number of carbonyl (C=O) groups excluding carboxylic acids is 2. The van der Waals surface area contributed by atoms with Crippen LogP contribution in [0.2, 0.25) is 0 Å². The number of hydrogen-bond acceptors (Lipinski definition) is 5. The third-order valence-electron chi connectivity index (χ3n) is 3.19. The molecule has 0 saturated heterocycles. The van der Waals surface area contributed by atoms with E-state index in [9.17, 15) is 9.59 Å². The number of nitrogens with one attached hydrogen (secondary N) is 2. The Morgan fingerprint density at radius 2 is 1.54 bits per heavy atom. The van der Waals surface area contributed by atoms with Gasteiger partial charge in [0, 0.05) is 11.1 Å². The highest BCUT2D eigenvalue weighted by Crippen LogP contribution is 2.27. The van der Waals surface area contributed by atoms with Gasteiger partial charge >= 0.3 is 0 Å². The molecule has 0 aliphatic heterocycles. The van der Waals surface area contributed by atoms with Gasteiger partial charge < -0.3 is 9.47 Å². The molecule has 2 rings (SSSR count). The van der Waals surface area contributed by atoms with E-state index in [-0.39, 0.29) is 5.56 Å². The summed E-state index contributed by atoms with van der Waals surface area (Å²) in [5.74, 6) is -0.147. The number of nitriles is 1. The molecule has 7 heteroatoms. The summed E-state index contributed by atoms with van der Waals surface area (Å²) in [5, 5.41) is 8.83. The first-order chi connectivity index (χ1) is 11.6. The number of benzene rings is 2. The second-order valence-electron chi connectivity index (χ2n) is 4.67. The van der Waals surface area contributed by atoms with Crippen LogP contribution in [0.1, 0.15) is 26.3 Å². The second kappa shape index (κ2) is 7.65. The summed E-state index contributed by atoms with van der Waals surface area (Å²) < 4.78 is 10.2. The normalized spacial score (nSPS) is 9.54. The predicted molar refractivity (Wildman–Crippen MR) is 85.6 cm³/mol. The zero-order valence-electron chi connectivity index (χ0n) is 13.1. The molecule has 0 aliphatic rings. The van der Waals surface area contributed by atoms with Crippen LogP contribution >= 0.6 is 0 Å². The molecule has 2 aromatic carbocycles. The van der Waals surface area contributed by atoms with Gasteiger partial charge in [0.25, 0.3) is 11.8 Å². The number of hydrogen-bond donors (Lipinski definition) is 2. The second-order valence-corrected chi connectivity index (χ2v) is 4.67. The fraction of sp³-hybridized carbons (Fsp3) is 0.118. The van der Waals surface area contributed by atoms with Crippen molar-refractivity contribution < 1.29 is 19.1 Å². The Morgan fingerprint density at radius 1 is 0.917 bits per heavy atom. The maximum Gasteiger partial charge on any atom is 0.269 e. The number of nitrogens with zero attached hydrogens (tertiary/aromatic N) is 1. The Balaban J connectivity index is 2.05. The summed E-state index contributed by atoms with van der Waals surface area (Å²) in [5.41, 5.74) is 5.51. The largest absolute Gasteiger partial charge is 0.493 e. The molecule has 0 radical (unpaired) electrons. The average Bonchev–Trinajstić information content (AvgIpc) is 2.65. The Morgan fingerprint density at radius 3 is 2.12 bits per heavy atom. The Hall–Kier alpha value is -3.53. The van der Waals surface area contributed by atoms with Crippen LogP contribution < -0.4 is 20.3 Å². The minimum absolute atomic E-state index is 0.265. The van der Waals surface area contributed by atoms with Crippen molar-refractivity contribution in [2.75, 3.05) is 14.2 Å². The van der Waals surface area contributed by atoms with Crippen molar-refractivity contribution in [3.8, 4) is 17.6 Å². The van der Waals surface area contributed by atoms with Crippen molar-refractivity contribution >= 4 is 11.8 Å². The maximum absolute atomic E-state index is 12.1. The van der Waals surface area contributed by atoms with Gasteiger partial charge in [-0.25, -0.2) is 0 Å². The van der Waals surface area contributed by atoms with Crippen LogP contribution in [-0.4, -0.2) is 26.0 Å². The number of amides is 2. The zero-order valence-corrected chi connectivity index (χ0v) is 13.1. The van der Waals surface area contributed by atoms with Crippen LogP contribution in [0.5, 0.6) is 11.5 Å². The average molecular weight is 325 g/mol. The molecule has 24 heavy (non-hydrogen) atoms. The van der Waals surface area contributed by atoms with Crippen LogP contribution in [0.25, 0.3) is 0 Å². The molecule has 0 heterocycles. The van der Waals surface area contributed by atoms with Gasteiger partial charge in [0.05, 0.1) is 25.9 Å². The molecular weight excluding hydrogens is 310 g/mol. The van der Waals surface area contributed by atoms with E-state index in [2.05, 4.69) is 10.9 Å². The summed E-state index contributed by atoms with van der Waals surface area (Å²) in [6, 6.07) is 12.7. The number of methoxy groups -OCH3 is 2. The summed E-state index contributed by atoms with van der Waals surface area (Å²) >= 11 is 0. The quantitative estimate of drug-likeness (QED) is 0.833. The lowest BCUT2D eigenvalue weighted by Crippen LogP contribution is -2.41. The van der Waals surface area contributed by atoms with E-state index < -0.39 is 11.8 Å². The van der Waals surface area contributed by atoms with Gasteiger partial charge in [0.15, 0.2) is 11.5 Å². The van der Waals surface area contributed by atoms with Crippen molar-refractivity contribution in [1.29, 1.82) is 5.26 Å². The van der Waals surface area contributed by atoms with Gasteiger partial charge in [0.2, 0.25) is 0 Å². The van der Waals surface area contributed by atoms with Gasteiger partial charge in [-0.05, 0) is 36.4 Å². The highest BCUT2D eigenvalue weighted by molar-refractivity contribution is 5.99. The predicted octanol–water partition coefficient (Wildman–Crippen LogP) is 1.65. The van der Waals surface area contributed by atoms with Gasteiger partial charge in [-0.15, -0.1) is 0 Å². The molecule has 0 unspecified atom stereocenters. The van der Waals surface area contributed by atoms with Gasteiger partial charge in [0.1, 0.15) is 0 Å². The lowest BCUT2D eigenvalue weighted by Gasteiger charge is -2.10. The van der Waals surface area contributed by atoms with E-state index in [0.29, 0.717) is 22.6 Å². The van der Waals surface area contributed by atoms with Crippen molar-refractivity contribution in [3.63, 3.8) is 0 Å². The molecule has 7 nitrogen and oxygen atoms in total. The van der Waals surface area contributed by atoms with Crippen molar-refractivity contribution in [3.05, 3.63) is 59.2 Å². The molecule has 0 aliphatic carbocycles. The minimum Gasteiger partial charge on any atom is -0.493 e. The number of carbonyl (C=O) groups is 2. The summed E-state index contributed by atoms with van der Waals surface area (Å²) in [6.07, 6.45) is 0. The van der Waals surface area contributed by atoms with Gasteiger partial charge in [-0.3, -0.25) is 20.4 Å². The fourth-order valence-corrected chi connectivity index (χ4v) is 1.97. The zero-order chi connectivity index (χ0) is 17.5. The van der Waals surface area contributed by atoms with Crippen molar-refractivity contribution in [2.45, 2.75) is 0 Å². The molecule has 0 fully saturated rings. The molecule has 2 aromatic rings. The smallest absolute Gasteiger partial charge is 0.269 e. The van der Waals surface area contributed by atoms with E-state index in [0.717, 1.165) is 0 Å². The van der Waals surface area contributed by atoms with Crippen LogP contribution in [0.3, 0.4) is 0 Å². The number of rotatable bonds is 4. The van der Waals surface area contributed by atoms with Crippen LogP contribution in [-0.2, 0) is 0 Å². The molecule has 122 valence electrons. The van der Waals surface area contributed by atoms with Crippen LogP contribution in [0.4, 0.5) is 0 Å². The molecule has 0 bridgehead atoms. The number of hydrazine groups is 1. The third kappa shape index (κ3) is 3.81. The number of ether oxygens (including phenoxy) is 2. The Labute approximate surface area is 138 Å². The first-order valence-electron chi connectivity index (χ1n) is 6.92. The molecule has 0 aromatic heterocycles. The summed E-state index contributed by atoms with van der Waals surface area (Å²) in [7, 11) is 2.96. The van der Waals surface area contributed by atoms with Crippen LogP contribution in [0, 0.1) is 11.3 Å². The molecule has 0 spiro atoms. The Kier molecular flexibility index (Phi) is 5.36. The maximum atomic E-state index is 12.1. The molecule has 2 N–H and O–H groups in total. The standard InChI is InChI=1S/C17H15N3O4/c1-23-14-7-6-13(9-15(14)24-2)17(22)20-19-16(21)12-5-3-4-11(8-12)10-18/h3-9H,1-2H3,(H,19,21)(H,20,22).